The second-order valence-electron chi connectivity index (χ2n) is 8.01. The Hall–Kier alpha value is -1.03. The molecule has 0 saturated heterocycles. The van der Waals surface area contributed by atoms with Gasteiger partial charge in [-0.15, -0.1) is 6.42 Å². The third-order valence-corrected chi connectivity index (χ3v) is 7.62. The number of carbonyl (C=O) groups excluding carboxylic acids is 1. The Morgan fingerprint density at radius 1 is 1.18 bits per heavy atom. The van der Waals surface area contributed by atoms with Crippen LogP contribution in [0.3, 0.4) is 0 Å². The van der Waals surface area contributed by atoms with Gasteiger partial charge in [0.1, 0.15) is 0 Å². The molecular weight excluding hydrogens is 268 g/mol. The van der Waals surface area contributed by atoms with E-state index >= 15 is 0 Å². The summed E-state index contributed by atoms with van der Waals surface area (Å²) in [5.74, 6) is 8.09. The molecule has 0 N–H and O–H groups in total. The van der Waals surface area contributed by atoms with Crippen molar-refractivity contribution in [2.45, 2.75) is 64.7 Å². The molecule has 0 aromatic rings. The number of allylic oxidation sites excluding steroid dienone is 1. The van der Waals surface area contributed by atoms with Crippen molar-refractivity contribution in [2.24, 2.45) is 29.1 Å². The van der Waals surface area contributed by atoms with Crippen LogP contribution in [0.25, 0.3) is 0 Å². The molecule has 1 radical (unpaired) electrons. The van der Waals surface area contributed by atoms with E-state index in [0.29, 0.717) is 17.1 Å². The van der Waals surface area contributed by atoms with Gasteiger partial charge in [0.2, 0.25) is 0 Å². The van der Waals surface area contributed by atoms with Gasteiger partial charge in [0, 0.05) is 6.42 Å². The minimum atomic E-state index is 0.363. The molecule has 0 aromatic carbocycles. The molecule has 4 aliphatic rings. The average Bonchev–Trinajstić information content (AvgIpc) is 2.93. The highest BCUT2D eigenvalue weighted by molar-refractivity contribution is 5.91. The molecule has 3 saturated carbocycles. The van der Waals surface area contributed by atoms with Gasteiger partial charge in [0.05, 0.1) is 5.92 Å². The van der Waals surface area contributed by atoms with Crippen LogP contribution in [0.5, 0.6) is 0 Å². The zero-order chi connectivity index (χ0) is 15.3. The molecule has 3 fully saturated rings. The maximum Gasteiger partial charge on any atom is 0.155 e. The average molecular weight is 295 g/mol. The van der Waals surface area contributed by atoms with Crippen LogP contribution in [0.1, 0.15) is 64.7 Å². The Morgan fingerprint density at radius 3 is 2.82 bits per heavy atom. The quantitative estimate of drug-likeness (QED) is 0.639. The zero-order valence-corrected chi connectivity index (χ0v) is 13.7. The van der Waals surface area contributed by atoms with E-state index in [2.05, 4.69) is 12.8 Å². The molecule has 117 valence electrons. The molecule has 0 bridgehead atoms. The highest BCUT2D eigenvalue weighted by Gasteiger charge is 2.57. The summed E-state index contributed by atoms with van der Waals surface area (Å²) in [4.78, 5) is 11.7. The molecule has 1 nitrogen and oxygen atoms in total. The topological polar surface area (TPSA) is 17.1 Å². The fourth-order valence-corrected chi connectivity index (χ4v) is 6.68. The van der Waals surface area contributed by atoms with E-state index in [1.165, 1.54) is 56.4 Å². The van der Waals surface area contributed by atoms with Crippen molar-refractivity contribution >= 4 is 5.78 Å². The Kier molecular flexibility index (Phi) is 3.48. The van der Waals surface area contributed by atoms with E-state index in [1.54, 1.807) is 0 Å². The molecule has 5 atom stereocenters. The summed E-state index contributed by atoms with van der Waals surface area (Å²) < 4.78 is 0. The predicted octanol–water partition coefficient (Wildman–Crippen LogP) is 4.73. The van der Waals surface area contributed by atoms with Gasteiger partial charge in [-0.2, -0.15) is 0 Å². The van der Waals surface area contributed by atoms with Crippen molar-refractivity contribution < 1.29 is 4.79 Å². The minimum Gasteiger partial charge on any atom is -0.295 e. The van der Waals surface area contributed by atoms with Crippen molar-refractivity contribution in [3.63, 3.8) is 0 Å². The van der Waals surface area contributed by atoms with Crippen molar-refractivity contribution in [3.8, 4) is 12.3 Å². The van der Waals surface area contributed by atoms with Gasteiger partial charge in [-0.25, -0.2) is 0 Å². The maximum atomic E-state index is 11.7. The van der Waals surface area contributed by atoms with E-state index in [9.17, 15) is 4.79 Å². The second-order valence-corrected chi connectivity index (χ2v) is 8.01. The minimum absolute atomic E-state index is 0.363. The van der Waals surface area contributed by atoms with Crippen LogP contribution in [0.4, 0.5) is 0 Å². The molecular formula is C21H27O. The number of hydrogen-bond donors (Lipinski definition) is 0. The number of terminal acetylenes is 1. The van der Waals surface area contributed by atoms with Crippen molar-refractivity contribution in [3.05, 3.63) is 17.6 Å². The van der Waals surface area contributed by atoms with Crippen molar-refractivity contribution in [2.75, 3.05) is 0 Å². The highest BCUT2D eigenvalue weighted by atomic mass is 16.1. The number of rotatable bonds is 1. The first-order valence-electron chi connectivity index (χ1n) is 9.26. The first-order valence-corrected chi connectivity index (χ1v) is 9.26. The Balaban J connectivity index is 1.64. The van der Waals surface area contributed by atoms with Gasteiger partial charge < -0.3 is 0 Å². The van der Waals surface area contributed by atoms with E-state index in [1.807, 2.05) is 6.08 Å². The summed E-state index contributed by atoms with van der Waals surface area (Å²) in [5, 5.41) is 0. The monoisotopic (exact) mass is 295 g/mol. The first kappa shape index (κ1) is 14.6. The van der Waals surface area contributed by atoms with Crippen LogP contribution in [0.15, 0.2) is 11.6 Å². The molecule has 0 heterocycles. The van der Waals surface area contributed by atoms with Gasteiger partial charge in [-0.05, 0) is 86.5 Å². The number of ketones is 1. The molecule has 0 aliphatic heterocycles. The number of carbonyl (C=O) groups is 1. The molecule has 22 heavy (non-hydrogen) atoms. The van der Waals surface area contributed by atoms with Crippen LogP contribution in [-0.4, -0.2) is 5.78 Å². The summed E-state index contributed by atoms with van der Waals surface area (Å²) >= 11 is 0. The van der Waals surface area contributed by atoms with Gasteiger partial charge in [0.15, 0.2) is 5.78 Å². The Bertz CT molecular complexity index is 551. The predicted molar refractivity (Wildman–Crippen MR) is 88.8 cm³/mol. The summed E-state index contributed by atoms with van der Waals surface area (Å²) in [6.45, 7) is 2.35. The summed E-state index contributed by atoms with van der Waals surface area (Å²) in [6.07, 6.45) is 18.6. The van der Waals surface area contributed by atoms with E-state index in [0.717, 1.165) is 30.6 Å². The van der Waals surface area contributed by atoms with E-state index in [4.69, 9.17) is 6.42 Å². The van der Waals surface area contributed by atoms with Gasteiger partial charge in [-0.3, -0.25) is 4.79 Å². The Labute approximate surface area is 134 Å². The van der Waals surface area contributed by atoms with Gasteiger partial charge in [-0.1, -0.05) is 18.4 Å². The zero-order valence-electron chi connectivity index (χ0n) is 13.7. The van der Waals surface area contributed by atoms with E-state index in [-0.39, 0.29) is 0 Å². The Morgan fingerprint density at radius 2 is 2.05 bits per heavy atom. The molecule has 4 rings (SSSR count). The molecule has 1 heteroatoms. The lowest BCUT2D eigenvalue weighted by Crippen LogP contribution is -2.46. The molecule has 0 amide bonds. The van der Waals surface area contributed by atoms with Crippen LogP contribution in [0.2, 0.25) is 0 Å². The fourth-order valence-electron chi connectivity index (χ4n) is 6.68. The molecule has 4 unspecified atom stereocenters. The van der Waals surface area contributed by atoms with Gasteiger partial charge in [0.25, 0.3) is 0 Å². The first-order chi connectivity index (χ1) is 10.7. The van der Waals surface area contributed by atoms with E-state index < -0.39 is 0 Å². The van der Waals surface area contributed by atoms with Crippen LogP contribution >= 0.6 is 0 Å². The summed E-state index contributed by atoms with van der Waals surface area (Å²) in [6, 6.07) is 0. The van der Waals surface area contributed by atoms with Crippen LogP contribution in [-0.2, 0) is 4.79 Å². The third-order valence-electron chi connectivity index (χ3n) is 7.62. The highest BCUT2D eigenvalue weighted by Crippen LogP contribution is 2.65. The number of fused-ring (bicyclic) bond motifs is 5. The van der Waals surface area contributed by atoms with Crippen molar-refractivity contribution in [1.29, 1.82) is 0 Å². The van der Waals surface area contributed by atoms with Gasteiger partial charge >= 0.3 is 0 Å². The fraction of sp³-hybridized carbons (Fsp3) is 0.714. The summed E-state index contributed by atoms with van der Waals surface area (Å²) in [7, 11) is 0. The smallest absolute Gasteiger partial charge is 0.155 e. The molecule has 4 aliphatic carbocycles. The van der Waals surface area contributed by atoms with Crippen LogP contribution in [0, 0.1) is 47.3 Å². The normalized spacial score (nSPS) is 44.5. The molecule has 0 spiro atoms. The number of hydrogen-bond acceptors (Lipinski definition) is 1. The summed E-state index contributed by atoms with van der Waals surface area (Å²) in [5.41, 5.74) is 1.85. The largest absolute Gasteiger partial charge is 0.295 e. The second kappa shape index (κ2) is 5.26. The molecule has 0 aromatic heterocycles. The van der Waals surface area contributed by atoms with Crippen LogP contribution < -0.4 is 0 Å². The lowest BCUT2D eigenvalue weighted by molar-refractivity contribution is -0.116. The standard InChI is InChI=1S/C21H27O/c1-3-15-6-10-20-19-8-5-14-13-16(22)7-9-17(14)18(19)11-12-21(15,20)4-2/h1,13,17-20H,4-12H2,2H3/t17?,18?,19?,20?,21-/m0/s1. The maximum absolute atomic E-state index is 11.7. The lowest BCUT2D eigenvalue weighted by atomic mass is 9.50. The van der Waals surface area contributed by atoms with Crippen molar-refractivity contribution in [1.82, 2.24) is 0 Å². The SMILES string of the molecule is C#C[C]1CCC2C3CCC4=CC(=O)CCC4C3CC[C@@]12CC. The lowest BCUT2D eigenvalue weighted by Gasteiger charge is -2.54. The third kappa shape index (κ3) is 1.89.